The second-order valence-corrected chi connectivity index (χ2v) is 7.59. The number of carbonyl (C=O) groups is 1. The SMILES string of the molecule is CC1CN(C(=O)OC(C)(C)C)CC2(CC2)/C1=C\N(C)C. The molecule has 0 N–H and O–H groups in total. The molecule has 1 heterocycles. The Morgan fingerprint density at radius 3 is 2.45 bits per heavy atom. The third kappa shape index (κ3) is 3.28. The fourth-order valence-corrected chi connectivity index (χ4v) is 3.08. The molecule has 0 aromatic carbocycles. The van der Waals surface area contributed by atoms with E-state index in [2.05, 4.69) is 32.1 Å². The highest BCUT2D eigenvalue weighted by atomic mass is 16.6. The minimum Gasteiger partial charge on any atom is -0.444 e. The largest absolute Gasteiger partial charge is 0.444 e. The van der Waals surface area contributed by atoms with E-state index in [0.717, 1.165) is 13.1 Å². The van der Waals surface area contributed by atoms with Crippen molar-refractivity contribution in [2.45, 2.75) is 46.1 Å². The molecule has 4 heteroatoms. The van der Waals surface area contributed by atoms with Gasteiger partial charge in [0.15, 0.2) is 0 Å². The molecule has 0 bridgehead atoms. The van der Waals surface area contributed by atoms with Crippen molar-refractivity contribution < 1.29 is 9.53 Å². The van der Waals surface area contributed by atoms with Gasteiger partial charge in [-0.2, -0.15) is 0 Å². The lowest BCUT2D eigenvalue weighted by Gasteiger charge is -2.40. The zero-order chi connectivity index (χ0) is 15.1. The molecule has 1 aliphatic heterocycles. The quantitative estimate of drug-likeness (QED) is 0.740. The second kappa shape index (κ2) is 4.97. The summed E-state index contributed by atoms with van der Waals surface area (Å²) in [5, 5.41) is 0. The molecular weight excluding hydrogens is 252 g/mol. The number of carbonyl (C=O) groups excluding carboxylic acids is 1. The number of ether oxygens (including phenoxy) is 1. The Balaban J connectivity index is 2.11. The van der Waals surface area contributed by atoms with Gasteiger partial charge in [-0.25, -0.2) is 4.79 Å². The summed E-state index contributed by atoms with van der Waals surface area (Å²) in [4.78, 5) is 16.3. The van der Waals surface area contributed by atoms with Gasteiger partial charge in [0.05, 0.1) is 0 Å². The summed E-state index contributed by atoms with van der Waals surface area (Å²) in [5.74, 6) is 0.404. The third-order valence-electron chi connectivity index (χ3n) is 4.03. The van der Waals surface area contributed by atoms with Crippen LogP contribution >= 0.6 is 0 Å². The van der Waals surface area contributed by atoms with Gasteiger partial charge >= 0.3 is 6.09 Å². The van der Waals surface area contributed by atoms with Crippen molar-refractivity contribution in [3.8, 4) is 0 Å². The summed E-state index contributed by atoms with van der Waals surface area (Å²) >= 11 is 0. The zero-order valence-corrected chi connectivity index (χ0v) is 13.7. The minimum atomic E-state index is -0.420. The number of nitrogens with zero attached hydrogens (tertiary/aromatic N) is 2. The molecule has 1 saturated heterocycles. The van der Waals surface area contributed by atoms with E-state index in [0.29, 0.717) is 5.92 Å². The maximum absolute atomic E-state index is 12.3. The number of rotatable bonds is 1. The molecule has 2 rings (SSSR count). The molecule has 114 valence electrons. The van der Waals surface area contributed by atoms with Gasteiger partial charge < -0.3 is 14.5 Å². The number of hydrogen-bond donors (Lipinski definition) is 0. The Labute approximate surface area is 122 Å². The lowest BCUT2D eigenvalue weighted by Crippen LogP contribution is -2.47. The van der Waals surface area contributed by atoms with Crippen LogP contribution in [-0.2, 0) is 4.74 Å². The van der Waals surface area contributed by atoms with E-state index in [9.17, 15) is 4.79 Å². The average Bonchev–Trinajstić information content (AvgIpc) is 3.01. The van der Waals surface area contributed by atoms with Gasteiger partial charge in [-0.05, 0) is 51.3 Å². The minimum absolute atomic E-state index is 0.167. The summed E-state index contributed by atoms with van der Waals surface area (Å²) in [6.07, 6.45) is 4.47. The van der Waals surface area contributed by atoms with Gasteiger partial charge in [-0.3, -0.25) is 0 Å². The van der Waals surface area contributed by atoms with Crippen LogP contribution < -0.4 is 0 Å². The van der Waals surface area contributed by atoms with Crippen LogP contribution in [0.1, 0.15) is 40.5 Å². The summed E-state index contributed by atoms with van der Waals surface area (Å²) in [6, 6.07) is 0. The van der Waals surface area contributed by atoms with Crippen LogP contribution in [0.15, 0.2) is 11.8 Å². The third-order valence-corrected chi connectivity index (χ3v) is 4.03. The van der Waals surface area contributed by atoms with Crippen molar-refractivity contribution in [3.63, 3.8) is 0 Å². The molecule has 1 aliphatic carbocycles. The molecular formula is C16H28N2O2. The van der Waals surface area contributed by atoms with Crippen LogP contribution in [0.25, 0.3) is 0 Å². The highest BCUT2D eigenvalue weighted by molar-refractivity contribution is 5.69. The van der Waals surface area contributed by atoms with E-state index in [1.807, 2.05) is 25.7 Å². The first-order chi connectivity index (χ1) is 9.13. The standard InChI is InChI=1S/C16H28N2O2/c1-12-9-18(14(19)20-15(2,3)4)11-16(7-8-16)13(12)10-17(5)6/h10,12H,7-9,11H2,1-6H3/b13-10-. The summed E-state index contributed by atoms with van der Waals surface area (Å²) in [5.41, 5.74) is 1.30. The molecule has 2 aliphatic rings. The molecule has 2 fully saturated rings. The predicted octanol–water partition coefficient (Wildman–Crippen LogP) is 3.10. The topological polar surface area (TPSA) is 32.8 Å². The normalized spacial score (nSPS) is 26.8. The van der Waals surface area contributed by atoms with Gasteiger partial charge in [0.1, 0.15) is 5.60 Å². The molecule has 1 spiro atoms. The first-order valence-electron chi connectivity index (χ1n) is 7.49. The van der Waals surface area contributed by atoms with Gasteiger partial charge in [0.2, 0.25) is 0 Å². The fraction of sp³-hybridized carbons (Fsp3) is 0.812. The highest BCUT2D eigenvalue weighted by Gasteiger charge is 2.52. The van der Waals surface area contributed by atoms with E-state index in [1.54, 1.807) is 0 Å². The van der Waals surface area contributed by atoms with E-state index < -0.39 is 5.60 Å². The lowest BCUT2D eigenvalue weighted by molar-refractivity contribution is 0.0152. The average molecular weight is 280 g/mol. The van der Waals surface area contributed by atoms with Gasteiger partial charge in [-0.1, -0.05) is 6.92 Å². The van der Waals surface area contributed by atoms with E-state index >= 15 is 0 Å². The number of amides is 1. The van der Waals surface area contributed by atoms with E-state index in [4.69, 9.17) is 4.74 Å². The molecule has 1 saturated carbocycles. The maximum atomic E-state index is 12.3. The maximum Gasteiger partial charge on any atom is 0.410 e. The Kier molecular flexibility index (Phi) is 3.78. The highest BCUT2D eigenvalue weighted by Crippen LogP contribution is 2.57. The molecule has 1 unspecified atom stereocenters. The predicted molar refractivity (Wildman–Crippen MR) is 80.4 cm³/mol. The number of likely N-dealkylation sites (tertiary alicyclic amines) is 1. The molecule has 0 aromatic heterocycles. The number of hydrogen-bond acceptors (Lipinski definition) is 3. The van der Waals surface area contributed by atoms with Crippen molar-refractivity contribution in [3.05, 3.63) is 11.8 Å². The first kappa shape index (κ1) is 15.2. The van der Waals surface area contributed by atoms with Crippen molar-refractivity contribution in [2.75, 3.05) is 27.2 Å². The fourth-order valence-electron chi connectivity index (χ4n) is 3.08. The molecule has 0 aromatic rings. The van der Waals surface area contributed by atoms with Gasteiger partial charge in [-0.15, -0.1) is 0 Å². The van der Waals surface area contributed by atoms with Crippen LogP contribution in [0.5, 0.6) is 0 Å². The first-order valence-corrected chi connectivity index (χ1v) is 7.49. The molecule has 1 amide bonds. The van der Waals surface area contributed by atoms with Crippen LogP contribution in [0.4, 0.5) is 4.79 Å². The summed E-state index contributed by atoms with van der Waals surface area (Å²) in [7, 11) is 4.13. The summed E-state index contributed by atoms with van der Waals surface area (Å²) in [6.45, 7) is 9.54. The second-order valence-electron chi connectivity index (χ2n) is 7.59. The monoisotopic (exact) mass is 280 g/mol. The Hall–Kier alpha value is -1.19. The smallest absolute Gasteiger partial charge is 0.410 e. The van der Waals surface area contributed by atoms with Gasteiger partial charge in [0.25, 0.3) is 0 Å². The van der Waals surface area contributed by atoms with Crippen LogP contribution in [-0.4, -0.2) is 48.7 Å². The Morgan fingerprint density at radius 1 is 1.40 bits per heavy atom. The van der Waals surface area contributed by atoms with Crippen LogP contribution in [0.3, 0.4) is 0 Å². The van der Waals surface area contributed by atoms with E-state index in [-0.39, 0.29) is 11.5 Å². The zero-order valence-electron chi connectivity index (χ0n) is 13.7. The molecule has 0 radical (unpaired) electrons. The van der Waals surface area contributed by atoms with Crippen molar-refractivity contribution in [2.24, 2.45) is 11.3 Å². The van der Waals surface area contributed by atoms with Gasteiger partial charge in [0, 0.05) is 32.6 Å². The molecule has 1 atom stereocenters. The number of piperidine rings is 1. The van der Waals surface area contributed by atoms with Crippen LogP contribution in [0.2, 0.25) is 0 Å². The van der Waals surface area contributed by atoms with Crippen molar-refractivity contribution in [1.29, 1.82) is 0 Å². The molecule has 20 heavy (non-hydrogen) atoms. The summed E-state index contributed by atoms with van der Waals surface area (Å²) < 4.78 is 5.52. The lowest BCUT2D eigenvalue weighted by atomic mass is 9.82. The van der Waals surface area contributed by atoms with Crippen molar-refractivity contribution >= 4 is 6.09 Å². The Morgan fingerprint density at radius 2 is 2.00 bits per heavy atom. The Bertz CT molecular complexity index is 417. The van der Waals surface area contributed by atoms with E-state index in [1.165, 1.54) is 18.4 Å². The molecule has 4 nitrogen and oxygen atoms in total. The van der Waals surface area contributed by atoms with Crippen molar-refractivity contribution in [1.82, 2.24) is 9.80 Å². The van der Waals surface area contributed by atoms with Crippen LogP contribution in [0, 0.1) is 11.3 Å².